The van der Waals surface area contributed by atoms with Gasteiger partial charge in [-0.1, -0.05) is 34.1 Å². The lowest BCUT2D eigenvalue weighted by Gasteiger charge is -2.36. The minimum atomic E-state index is -1.69. The molecule has 0 radical (unpaired) electrons. The van der Waals surface area contributed by atoms with Gasteiger partial charge in [-0.15, -0.1) is 0 Å². The third-order valence-corrected chi connectivity index (χ3v) is 11.4. The average molecular weight is 673 g/mol. The van der Waals surface area contributed by atoms with Crippen molar-refractivity contribution in [3.05, 3.63) is 0 Å². The molecule has 45 heavy (non-hydrogen) atoms. The van der Waals surface area contributed by atoms with Gasteiger partial charge in [-0.2, -0.15) is 0 Å². The van der Waals surface area contributed by atoms with Gasteiger partial charge in [0.05, 0.1) is 145 Å². The van der Waals surface area contributed by atoms with Crippen molar-refractivity contribution in [2.24, 2.45) is 0 Å². The van der Waals surface area contributed by atoms with Crippen LogP contribution in [0.4, 0.5) is 0 Å². The Balaban J connectivity index is 3.11. The molecule has 0 saturated heterocycles. The smallest absolute Gasteiger partial charge is 0.192 e. The van der Waals surface area contributed by atoms with E-state index in [-0.39, 0.29) is 5.04 Å². The topological polar surface area (TPSA) is 111 Å². The molecule has 0 aliphatic rings. The maximum atomic E-state index is 6.08. The summed E-state index contributed by atoms with van der Waals surface area (Å²) >= 11 is 0. The summed E-state index contributed by atoms with van der Waals surface area (Å²) in [5, 5.41) is 0.219. The number of rotatable bonds is 37. The molecule has 0 rings (SSSR count). The van der Waals surface area contributed by atoms with Crippen LogP contribution in [0.2, 0.25) is 18.1 Å². The SMILES string of the molecule is CCCCOCCOCCOCCOCCOCCOCCOCCOCCOCCOCCOCCO[Si](C)(C)C(C)(C)C. The molecule has 0 fully saturated rings. The van der Waals surface area contributed by atoms with Crippen LogP contribution in [-0.4, -0.2) is 160 Å². The van der Waals surface area contributed by atoms with Crippen molar-refractivity contribution in [1.82, 2.24) is 0 Å². The van der Waals surface area contributed by atoms with Gasteiger partial charge in [0.2, 0.25) is 0 Å². The third-order valence-electron chi connectivity index (χ3n) is 6.86. The Morgan fingerprint density at radius 2 is 0.533 bits per heavy atom. The number of hydrogen-bond donors (Lipinski definition) is 0. The van der Waals surface area contributed by atoms with Crippen LogP contribution in [0, 0.1) is 0 Å². The van der Waals surface area contributed by atoms with Crippen LogP contribution in [0.1, 0.15) is 40.5 Å². The predicted octanol–water partition coefficient (Wildman–Crippen LogP) is 3.99. The fraction of sp³-hybridized carbons (Fsp3) is 1.00. The molecule has 0 aliphatic heterocycles. The van der Waals surface area contributed by atoms with E-state index in [2.05, 4.69) is 40.8 Å². The highest BCUT2D eigenvalue weighted by Crippen LogP contribution is 2.36. The zero-order valence-electron chi connectivity index (χ0n) is 29.6. The highest BCUT2D eigenvalue weighted by molar-refractivity contribution is 6.74. The zero-order valence-corrected chi connectivity index (χ0v) is 30.6. The lowest BCUT2D eigenvalue weighted by atomic mass is 10.2. The van der Waals surface area contributed by atoms with Crippen molar-refractivity contribution in [2.45, 2.75) is 58.7 Å². The van der Waals surface area contributed by atoms with Gasteiger partial charge in [-0.05, 0) is 24.6 Å². The van der Waals surface area contributed by atoms with E-state index >= 15 is 0 Å². The summed E-state index contributed by atoms with van der Waals surface area (Å²) < 4.78 is 66.4. The first-order chi connectivity index (χ1) is 21.8. The van der Waals surface area contributed by atoms with E-state index < -0.39 is 8.32 Å². The molecule has 0 aromatic heterocycles. The summed E-state index contributed by atoms with van der Waals surface area (Å²) in [5.74, 6) is 0. The van der Waals surface area contributed by atoms with Gasteiger partial charge < -0.3 is 56.5 Å². The summed E-state index contributed by atoms with van der Waals surface area (Å²) in [7, 11) is -1.69. The number of hydrogen-bond acceptors (Lipinski definition) is 12. The second-order valence-electron chi connectivity index (χ2n) is 11.7. The Kier molecular flexibility index (Phi) is 33.4. The monoisotopic (exact) mass is 672 g/mol. The molecule has 272 valence electrons. The van der Waals surface area contributed by atoms with Gasteiger partial charge in [0, 0.05) is 6.61 Å². The van der Waals surface area contributed by atoms with E-state index in [0.29, 0.717) is 145 Å². The minimum absolute atomic E-state index is 0.219. The third kappa shape index (κ3) is 33.4. The van der Waals surface area contributed by atoms with Crippen molar-refractivity contribution >= 4 is 8.32 Å². The van der Waals surface area contributed by atoms with Crippen LogP contribution < -0.4 is 0 Å². The molecule has 0 aliphatic carbocycles. The van der Waals surface area contributed by atoms with Crippen LogP contribution in [-0.2, 0) is 56.5 Å². The quantitative estimate of drug-likeness (QED) is 0.0703. The van der Waals surface area contributed by atoms with E-state index in [1.807, 2.05) is 0 Å². The second-order valence-corrected chi connectivity index (χ2v) is 16.5. The summed E-state index contributed by atoms with van der Waals surface area (Å²) in [6.45, 7) is 26.2. The Morgan fingerprint density at radius 3 is 0.733 bits per heavy atom. The predicted molar refractivity (Wildman–Crippen MR) is 177 cm³/mol. The fourth-order valence-corrected chi connectivity index (χ4v) is 4.15. The highest BCUT2D eigenvalue weighted by atomic mass is 28.4. The Morgan fingerprint density at radius 1 is 0.333 bits per heavy atom. The van der Waals surface area contributed by atoms with E-state index in [1.54, 1.807) is 0 Å². The summed E-state index contributed by atoms with van der Waals surface area (Å²) in [5.41, 5.74) is 0. The Bertz CT molecular complexity index is 581. The van der Waals surface area contributed by atoms with Crippen molar-refractivity contribution in [3.63, 3.8) is 0 Å². The molecular formula is C32H68O12Si. The molecule has 0 aromatic rings. The van der Waals surface area contributed by atoms with Crippen molar-refractivity contribution in [3.8, 4) is 0 Å². The van der Waals surface area contributed by atoms with Crippen molar-refractivity contribution in [1.29, 1.82) is 0 Å². The van der Waals surface area contributed by atoms with E-state index in [0.717, 1.165) is 19.4 Å². The molecule has 0 spiro atoms. The van der Waals surface area contributed by atoms with E-state index in [1.165, 1.54) is 0 Å². The average Bonchev–Trinajstić information content (AvgIpc) is 3.00. The van der Waals surface area contributed by atoms with Gasteiger partial charge in [0.15, 0.2) is 8.32 Å². The van der Waals surface area contributed by atoms with E-state index in [9.17, 15) is 0 Å². The second kappa shape index (κ2) is 33.6. The molecule has 12 nitrogen and oxygen atoms in total. The lowest BCUT2D eigenvalue weighted by Crippen LogP contribution is -2.41. The largest absolute Gasteiger partial charge is 0.414 e. The maximum absolute atomic E-state index is 6.08. The molecule has 0 aromatic carbocycles. The Labute approximate surface area is 275 Å². The number of unbranched alkanes of at least 4 members (excludes halogenated alkanes) is 1. The molecule has 0 amide bonds. The molecule has 0 atom stereocenters. The van der Waals surface area contributed by atoms with Gasteiger partial charge in [0.1, 0.15) is 0 Å². The molecule has 0 bridgehead atoms. The van der Waals surface area contributed by atoms with Gasteiger partial charge in [0.25, 0.3) is 0 Å². The van der Waals surface area contributed by atoms with Crippen LogP contribution in [0.5, 0.6) is 0 Å². The summed E-state index contributed by atoms with van der Waals surface area (Å²) in [4.78, 5) is 0. The highest BCUT2D eigenvalue weighted by Gasteiger charge is 2.36. The first-order valence-electron chi connectivity index (χ1n) is 16.8. The van der Waals surface area contributed by atoms with Crippen molar-refractivity contribution < 1.29 is 56.5 Å². The minimum Gasteiger partial charge on any atom is -0.414 e. The van der Waals surface area contributed by atoms with E-state index in [4.69, 9.17) is 56.5 Å². The van der Waals surface area contributed by atoms with Crippen LogP contribution in [0.3, 0.4) is 0 Å². The fourth-order valence-electron chi connectivity index (χ4n) is 3.12. The first-order valence-corrected chi connectivity index (χ1v) is 19.7. The van der Waals surface area contributed by atoms with Crippen molar-refractivity contribution in [2.75, 3.05) is 152 Å². The molecule has 0 N–H and O–H groups in total. The molecule has 0 saturated carbocycles. The normalized spacial score (nSPS) is 12.4. The molecular weight excluding hydrogens is 604 g/mol. The summed E-state index contributed by atoms with van der Waals surface area (Å²) in [6, 6.07) is 0. The molecule has 13 heteroatoms. The Hall–Kier alpha value is -0.263. The van der Waals surface area contributed by atoms with Gasteiger partial charge in [-0.3, -0.25) is 0 Å². The first kappa shape index (κ1) is 44.7. The molecule has 0 heterocycles. The standard InChI is InChI=1S/C32H68O12Si/c1-7-8-9-33-10-11-34-12-13-35-14-15-36-16-17-37-18-19-38-20-21-39-22-23-40-24-25-41-26-27-42-28-29-43-30-31-44-45(5,6)32(2,3)4/h7-31H2,1-6H3. The van der Waals surface area contributed by atoms with Crippen LogP contribution >= 0.6 is 0 Å². The van der Waals surface area contributed by atoms with Crippen LogP contribution in [0.15, 0.2) is 0 Å². The molecule has 0 unspecified atom stereocenters. The number of ether oxygens (including phenoxy) is 11. The zero-order chi connectivity index (χ0) is 33.2. The van der Waals surface area contributed by atoms with Gasteiger partial charge >= 0.3 is 0 Å². The maximum Gasteiger partial charge on any atom is 0.192 e. The summed E-state index contributed by atoms with van der Waals surface area (Å²) in [6.07, 6.45) is 2.24. The van der Waals surface area contributed by atoms with Crippen LogP contribution in [0.25, 0.3) is 0 Å². The lowest BCUT2D eigenvalue weighted by molar-refractivity contribution is -0.0277. The van der Waals surface area contributed by atoms with Gasteiger partial charge in [-0.25, -0.2) is 0 Å².